The molecule has 1 atom stereocenters. The van der Waals surface area contributed by atoms with E-state index in [1.807, 2.05) is 0 Å². The molecule has 1 aromatic rings. The number of anilines is 1. The molecule has 1 rings (SSSR count). The Labute approximate surface area is 84.2 Å². The van der Waals surface area contributed by atoms with Gasteiger partial charge in [-0.15, -0.1) is 0 Å². The van der Waals surface area contributed by atoms with Crippen LogP contribution < -0.4 is 5.32 Å². The molecule has 0 saturated heterocycles. The molecule has 1 unspecified atom stereocenters. The number of hydrogen-bond acceptors (Lipinski definition) is 4. The van der Waals surface area contributed by atoms with Crippen LogP contribution in [0.15, 0.2) is 12.3 Å². The Balaban J connectivity index is 2.41. The zero-order chi connectivity index (χ0) is 9.68. The second kappa shape index (κ2) is 5.14. The van der Waals surface area contributed by atoms with Crippen LogP contribution in [0.2, 0.25) is 5.28 Å². The topological polar surface area (TPSA) is 54.9 Å². The lowest BCUT2D eigenvalue weighted by atomic mass is 10.5. The number of halogens is 1. The smallest absolute Gasteiger partial charge is 0.224 e. The van der Waals surface area contributed by atoms with E-state index in [0.29, 0.717) is 18.1 Å². The van der Waals surface area contributed by atoms with E-state index in [2.05, 4.69) is 15.3 Å². The number of nitrogens with one attached hydrogen (secondary N) is 1. The highest BCUT2D eigenvalue weighted by atomic mass is 35.5. The van der Waals surface area contributed by atoms with Crippen LogP contribution in [-0.4, -0.2) is 32.7 Å². The summed E-state index contributed by atoms with van der Waals surface area (Å²) < 4.78 is 10.7. The molecule has 1 heterocycles. The predicted molar refractivity (Wildman–Crippen MR) is 54.5 cm³/mol. The zero-order valence-electron chi connectivity index (χ0n) is 7.16. The summed E-state index contributed by atoms with van der Waals surface area (Å²) in [6.45, 7) is 0.621. The van der Waals surface area contributed by atoms with Crippen LogP contribution in [0.3, 0.4) is 0 Å². The van der Waals surface area contributed by atoms with Crippen molar-refractivity contribution in [3.8, 4) is 0 Å². The quantitative estimate of drug-likeness (QED) is 0.766. The van der Waals surface area contributed by atoms with Crippen LogP contribution in [0.1, 0.15) is 0 Å². The lowest BCUT2D eigenvalue weighted by Crippen LogP contribution is -2.10. The maximum absolute atomic E-state index is 10.7. The van der Waals surface area contributed by atoms with Gasteiger partial charge in [0.25, 0.3) is 0 Å². The molecular weight excluding hydrogens is 210 g/mol. The zero-order valence-corrected chi connectivity index (χ0v) is 8.73. The molecule has 0 fully saturated rings. The summed E-state index contributed by atoms with van der Waals surface area (Å²) in [6.07, 6.45) is 3.23. The van der Waals surface area contributed by atoms with Crippen molar-refractivity contribution in [3.63, 3.8) is 0 Å². The molecule has 0 bridgehead atoms. The van der Waals surface area contributed by atoms with Crippen molar-refractivity contribution < 1.29 is 4.21 Å². The van der Waals surface area contributed by atoms with E-state index in [0.717, 1.165) is 0 Å². The SMILES string of the molecule is CS(=O)CCNc1ccnc(Cl)n1. The maximum atomic E-state index is 10.7. The van der Waals surface area contributed by atoms with Crippen LogP contribution in [0.5, 0.6) is 0 Å². The maximum Gasteiger partial charge on any atom is 0.224 e. The first-order valence-corrected chi connectivity index (χ1v) is 5.81. The van der Waals surface area contributed by atoms with E-state index in [1.165, 1.54) is 0 Å². The number of rotatable bonds is 4. The molecular formula is C7H10ClN3OS. The van der Waals surface area contributed by atoms with Crippen molar-refractivity contribution in [1.29, 1.82) is 0 Å². The Morgan fingerprint density at radius 3 is 3.08 bits per heavy atom. The summed E-state index contributed by atoms with van der Waals surface area (Å²) in [5.74, 6) is 1.26. The summed E-state index contributed by atoms with van der Waals surface area (Å²) >= 11 is 5.56. The fourth-order valence-corrected chi connectivity index (χ4v) is 1.29. The van der Waals surface area contributed by atoms with Crippen molar-refractivity contribution in [2.45, 2.75) is 0 Å². The molecule has 0 amide bonds. The van der Waals surface area contributed by atoms with Gasteiger partial charge in [-0.05, 0) is 17.7 Å². The minimum absolute atomic E-state index is 0.211. The third kappa shape index (κ3) is 4.19. The summed E-state index contributed by atoms with van der Waals surface area (Å²) in [5.41, 5.74) is 0. The highest BCUT2D eigenvalue weighted by molar-refractivity contribution is 7.84. The van der Waals surface area contributed by atoms with Gasteiger partial charge in [0.15, 0.2) is 0 Å². The molecule has 1 N–H and O–H groups in total. The fourth-order valence-electron chi connectivity index (χ4n) is 0.756. The van der Waals surface area contributed by atoms with Crippen molar-refractivity contribution in [3.05, 3.63) is 17.5 Å². The fraction of sp³-hybridized carbons (Fsp3) is 0.429. The van der Waals surface area contributed by atoms with E-state index >= 15 is 0 Å². The minimum Gasteiger partial charge on any atom is -0.369 e. The highest BCUT2D eigenvalue weighted by Gasteiger charge is 1.95. The van der Waals surface area contributed by atoms with Crippen molar-refractivity contribution >= 4 is 28.2 Å². The molecule has 0 aliphatic rings. The van der Waals surface area contributed by atoms with Crippen molar-refractivity contribution in [2.75, 3.05) is 23.9 Å². The van der Waals surface area contributed by atoms with Gasteiger partial charge >= 0.3 is 0 Å². The summed E-state index contributed by atoms with van der Waals surface area (Å²) in [6, 6.07) is 1.71. The van der Waals surface area contributed by atoms with Gasteiger partial charge in [-0.3, -0.25) is 4.21 Å². The molecule has 13 heavy (non-hydrogen) atoms. The Bertz CT molecular complexity index is 308. The van der Waals surface area contributed by atoms with Crippen LogP contribution in [0.25, 0.3) is 0 Å². The van der Waals surface area contributed by atoms with E-state index in [4.69, 9.17) is 11.6 Å². The van der Waals surface area contributed by atoms with Crippen LogP contribution >= 0.6 is 11.6 Å². The lowest BCUT2D eigenvalue weighted by Gasteiger charge is -2.02. The monoisotopic (exact) mass is 219 g/mol. The number of aromatic nitrogens is 2. The third-order valence-corrected chi connectivity index (χ3v) is 2.28. The van der Waals surface area contributed by atoms with E-state index in [-0.39, 0.29) is 5.28 Å². The summed E-state index contributed by atoms with van der Waals surface area (Å²) in [4.78, 5) is 7.65. The van der Waals surface area contributed by atoms with Gasteiger partial charge < -0.3 is 5.32 Å². The van der Waals surface area contributed by atoms with E-state index < -0.39 is 10.8 Å². The molecule has 0 spiro atoms. The Morgan fingerprint density at radius 2 is 2.46 bits per heavy atom. The van der Waals surface area contributed by atoms with Crippen LogP contribution in [-0.2, 0) is 10.8 Å². The Morgan fingerprint density at radius 1 is 1.69 bits per heavy atom. The first-order valence-electron chi connectivity index (χ1n) is 3.71. The molecule has 0 aliphatic carbocycles. The molecule has 72 valence electrons. The molecule has 0 saturated carbocycles. The number of nitrogens with zero attached hydrogens (tertiary/aromatic N) is 2. The van der Waals surface area contributed by atoms with Gasteiger partial charge in [0.2, 0.25) is 5.28 Å². The predicted octanol–water partition coefficient (Wildman–Crippen LogP) is 0.920. The van der Waals surface area contributed by atoms with Gasteiger partial charge in [0.05, 0.1) is 0 Å². The van der Waals surface area contributed by atoms with Gasteiger partial charge in [0.1, 0.15) is 5.82 Å². The molecule has 6 heteroatoms. The lowest BCUT2D eigenvalue weighted by molar-refractivity contribution is 0.687. The van der Waals surface area contributed by atoms with Gasteiger partial charge in [-0.2, -0.15) is 0 Å². The second-order valence-corrected chi connectivity index (χ2v) is 4.31. The Hall–Kier alpha value is -0.680. The molecule has 0 aromatic carbocycles. The largest absolute Gasteiger partial charge is 0.369 e. The van der Waals surface area contributed by atoms with E-state index in [9.17, 15) is 4.21 Å². The van der Waals surface area contributed by atoms with Crippen molar-refractivity contribution in [1.82, 2.24) is 9.97 Å². The molecule has 1 aromatic heterocycles. The minimum atomic E-state index is -0.783. The molecule has 4 nitrogen and oxygen atoms in total. The van der Waals surface area contributed by atoms with Crippen LogP contribution in [0, 0.1) is 0 Å². The third-order valence-electron chi connectivity index (χ3n) is 1.32. The van der Waals surface area contributed by atoms with Crippen LogP contribution in [0.4, 0.5) is 5.82 Å². The average Bonchev–Trinajstić information content (AvgIpc) is 2.03. The summed E-state index contributed by atoms with van der Waals surface area (Å²) in [5, 5.41) is 3.20. The van der Waals surface area contributed by atoms with Crippen molar-refractivity contribution in [2.24, 2.45) is 0 Å². The van der Waals surface area contributed by atoms with Gasteiger partial charge in [-0.1, -0.05) is 0 Å². The first kappa shape index (κ1) is 10.4. The molecule has 0 radical (unpaired) electrons. The standard InChI is InChI=1S/C7H10ClN3OS/c1-13(12)5-4-9-6-2-3-10-7(8)11-6/h2-3H,4-5H2,1H3,(H,9,10,11). The van der Waals surface area contributed by atoms with Gasteiger partial charge in [-0.25, -0.2) is 9.97 Å². The molecule has 0 aliphatic heterocycles. The first-order chi connectivity index (χ1) is 6.18. The number of hydrogen-bond donors (Lipinski definition) is 1. The second-order valence-electron chi connectivity index (χ2n) is 2.42. The Kier molecular flexibility index (Phi) is 4.11. The normalized spacial score (nSPS) is 12.5. The average molecular weight is 220 g/mol. The summed E-state index contributed by atoms with van der Waals surface area (Å²) in [7, 11) is -0.783. The highest BCUT2D eigenvalue weighted by Crippen LogP contribution is 2.04. The van der Waals surface area contributed by atoms with E-state index in [1.54, 1.807) is 18.5 Å². The van der Waals surface area contributed by atoms with Gasteiger partial charge in [0, 0.05) is 35.5 Å².